The molecule has 150 valence electrons. The number of carboxylic acid groups (broad SMARTS) is 1. The number of hydrogen-bond donors (Lipinski definition) is 2. The molecular weight excluding hydrogens is 374 g/mol. The second-order valence-electron chi connectivity index (χ2n) is 7.38. The summed E-state index contributed by atoms with van der Waals surface area (Å²) in [5.74, 6) is -0.694. The van der Waals surface area contributed by atoms with Crippen molar-refractivity contribution in [3.8, 4) is 0 Å². The molecule has 5 nitrogen and oxygen atoms in total. The molecule has 1 saturated heterocycles. The van der Waals surface area contributed by atoms with Crippen LogP contribution >= 0.6 is 11.3 Å². The fraction of sp³-hybridized carbons (Fsp3) is 0.455. The fourth-order valence-corrected chi connectivity index (χ4v) is 4.71. The smallest absolute Gasteiger partial charge is 0.345 e. The molecule has 0 spiro atoms. The van der Waals surface area contributed by atoms with Crippen LogP contribution in [-0.4, -0.2) is 45.7 Å². The summed E-state index contributed by atoms with van der Waals surface area (Å²) in [5.41, 5.74) is 1.13. The number of aryl methyl sites for hydroxylation is 1. The van der Waals surface area contributed by atoms with E-state index in [1.165, 1.54) is 11.3 Å². The molecule has 1 aliphatic rings. The molecule has 2 heterocycles. The first kappa shape index (κ1) is 20.6. The summed E-state index contributed by atoms with van der Waals surface area (Å²) in [7, 11) is 0. The van der Waals surface area contributed by atoms with Crippen LogP contribution in [0.2, 0.25) is 0 Å². The van der Waals surface area contributed by atoms with Gasteiger partial charge in [0.1, 0.15) is 4.88 Å². The predicted molar refractivity (Wildman–Crippen MR) is 110 cm³/mol. The molecule has 1 aromatic carbocycles. The van der Waals surface area contributed by atoms with Gasteiger partial charge in [-0.2, -0.15) is 0 Å². The number of aromatic carboxylic acids is 1. The van der Waals surface area contributed by atoms with Crippen molar-refractivity contribution in [1.82, 2.24) is 4.90 Å². The topological polar surface area (TPSA) is 77.8 Å². The van der Waals surface area contributed by atoms with Crippen molar-refractivity contribution in [2.75, 3.05) is 6.54 Å². The van der Waals surface area contributed by atoms with E-state index in [1.807, 2.05) is 41.3 Å². The van der Waals surface area contributed by atoms with Gasteiger partial charge < -0.3 is 15.1 Å². The van der Waals surface area contributed by atoms with Crippen molar-refractivity contribution in [3.63, 3.8) is 0 Å². The van der Waals surface area contributed by atoms with Gasteiger partial charge in [0.15, 0.2) is 0 Å². The first-order chi connectivity index (χ1) is 13.5. The SMILES string of the molecule is O=C(O)c1ccc(CCCN2C(=O)CC[C@@H]2CCC(O)Cc2ccccc2)s1. The van der Waals surface area contributed by atoms with Gasteiger partial charge in [-0.05, 0) is 56.2 Å². The van der Waals surface area contributed by atoms with E-state index in [4.69, 9.17) is 5.11 Å². The lowest BCUT2D eigenvalue weighted by molar-refractivity contribution is -0.129. The number of thiophene rings is 1. The van der Waals surface area contributed by atoms with Gasteiger partial charge in [0.2, 0.25) is 5.91 Å². The van der Waals surface area contributed by atoms with Crippen molar-refractivity contribution in [2.45, 2.75) is 57.1 Å². The zero-order chi connectivity index (χ0) is 19.9. The molecule has 2 atom stereocenters. The van der Waals surface area contributed by atoms with E-state index >= 15 is 0 Å². The Hall–Kier alpha value is -2.18. The maximum absolute atomic E-state index is 12.2. The Labute approximate surface area is 169 Å². The van der Waals surface area contributed by atoms with E-state index in [-0.39, 0.29) is 18.1 Å². The highest BCUT2D eigenvalue weighted by Crippen LogP contribution is 2.25. The lowest BCUT2D eigenvalue weighted by Crippen LogP contribution is -2.34. The summed E-state index contributed by atoms with van der Waals surface area (Å²) in [5, 5.41) is 19.3. The fourth-order valence-electron chi connectivity index (χ4n) is 3.82. The van der Waals surface area contributed by atoms with Gasteiger partial charge in [0.25, 0.3) is 0 Å². The molecule has 0 bridgehead atoms. The summed E-state index contributed by atoms with van der Waals surface area (Å²) in [6.07, 6.45) is 4.82. The zero-order valence-electron chi connectivity index (χ0n) is 15.9. The average molecular weight is 402 g/mol. The van der Waals surface area contributed by atoms with E-state index in [0.717, 1.165) is 36.1 Å². The highest BCUT2D eigenvalue weighted by Gasteiger charge is 2.30. The average Bonchev–Trinajstić information content (AvgIpc) is 3.29. The van der Waals surface area contributed by atoms with Gasteiger partial charge in [-0.15, -0.1) is 11.3 Å². The van der Waals surface area contributed by atoms with Gasteiger partial charge in [-0.25, -0.2) is 4.79 Å². The van der Waals surface area contributed by atoms with E-state index < -0.39 is 5.97 Å². The Kier molecular flexibility index (Phi) is 7.23. The lowest BCUT2D eigenvalue weighted by atomic mass is 10.0. The van der Waals surface area contributed by atoms with Crippen LogP contribution in [0, 0.1) is 0 Å². The standard InChI is InChI=1S/C22H27NO4S/c24-18(15-16-5-2-1-3-6-16)10-8-17-9-13-21(25)23(17)14-4-7-19-11-12-20(28-19)22(26)27/h1-3,5-6,11-12,17-18,24H,4,7-10,13-15H2,(H,26,27)/t17-,18?/m0/s1. The molecule has 0 aliphatic carbocycles. The maximum Gasteiger partial charge on any atom is 0.345 e. The Balaban J connectivity index is 1.44. The molecule has 0 saturated carbocycles. The quantitative estimate of drug-likeness (QED) is 0.636. The maximum atomic E-state index is 12.2. The first-order valence-electron chi connectivity index (χ1n) is 9.86. The van der Waals surface area contributed by atoms with E-state index in [9.17, 15) is 14.7 Å². The minimum atomic E-state index is -0.889. The monoisotopic (exact) mass is 401 g/mol. The second-order valence-corrected chi connectivity index (χ2v) is 8.54. The molecular formula is C22H27NO4S. The minimum Gasteiger partial charge on any atom is -0.477 e. The summed E-state index contributed by atoms with van der Waals surface area (Å²) in [4.78, 5) is 26.6. The van der Waals surface area contributed by atoms with Crippen LogP contribution in [0.25, 0.3) is 0 Å². The van der Waals surface area contributed by atoms with Crippen LogP contribution < -0.4 is 0 Å². The summed E-state index contributed by atoms with van der Waals surface area (Å²) < 4.78 is 0. The number of hydrogen-bond acceptors (Lipinski definition) is 4. The highest BCUT2D eigenvalue weighted by molar-refractivity contribution is 7.13. The van der Waals surface area contributed by atoms with E-state index in [2.05, 4.69) is 0 Å². The number of nitrogens with zero attached hydrogens (tertiary/aromatic N) is 1. The van der Waals surface area contributed by atoms with Crippen molar-refractivity contribution < 1.29 is 19.8 Å². The molecule has 1 unspecified atom stereocenters. The number of benzene rings is 1. The van der Waals surface area contributed by atoms with Crippen molar-refractivity contribution in [2.24, 2.45) is 0 Å². The van der Waals surface area contributed by atoms with Crippen LogP contribution in [0.1, 0.15) is 52.2 Å². The Morgan fingerprint density at radius 1 is 1.21 bits per heavy atom. The number of rotatable bonds is 10. The number of carboxylic acids is 1. The molecule has 2 aromatic rings. The van der Waals surface area contributed by atoms with Crippen LogP contribution in [0.5, 0.6) is 0 Å². The third-order valence-electron chi connectivity index (χ3n) is 5.29. The van der Waals surface area contributed by atoms with Gasteiger partial charge in [-0.1, -0.05) is 30.3 Å². The number of amides is 1. The molecule has 1 amide bonds. The van der Waals surface area contributed by atoms with Crippen LogP contribution in [-0.2, 0) is 17.6 Å². The first-order valence-corrected chi connectivity index (χ1v) is 10.7. The molecule has 6 heteroatoms. The Morgan fingerprint density at radius 3 is 2.71 bits per heavy atom. The minimum absolute atomic E-state index is 0.194. The van der Waals surface area contributed by atoms with Gasteiger partial charge >= 0.3 is 5.97 Å². The summed E-state index contributed by atoms with van der Waals surface area (Å²) in [6.45, 7) is 0.693. The molecule has 0 radical (unpaired) electrons. The van der Waals surface area contributed by atoms with Crippen LogP contribution in [0.15, 0.2) is 42.5 Å². The Morgan fingerprint density at radius 2 is 2.00 bits per heavy atom. The van der Waals surface area contributed by atoms with Gasteiger partial charge in [0, 0.05) is 23.9 Å². The normalized spacial score (nSPS) is 17.8. The molecule has 28 heavy (non-hydrogen) atoms. The van der Waals surface area contributed by atoms with Crippen molar-refractivity contribution in [1.29, 1.82) is 0 Å². The third kappa shape index (κ3) is 5.66. The lowest BCUT2D eigenvalue weighted by Gasteiger charge is -2.25. The zero-order valence-corrected chi connectivity index (χ0v) is 16.7. The van der Waals surface area contributed by atoms with Crippen LogP contribution in [0.4, 0.5) is 0 Å². The second kappa shape index (κ2) is 9.85. The third-order valence-corrected chi connectivity index (χ3v) is 6.43. The molecule has 3 rings (SSSR count). The van der Waals surface area contributed by atoms with E-state index in [0.29, 0.717) is 30.7 Å². The van der Waals surface area contributed by atoms with Crippen molar-refractivity contribution in [3.05, 3.63) is 57.8 Å². The number of carbonyl (C=O) groups excluding carboxylic acids is 1. The number of aliphatic hydroxyl groups excluding tert-OH is 1. The van der Waals surface area contributed by atoms with Crippen molar-refractivity contribution >= 4 is 23.2 Å². The highest BCUT2D eigenvalue weighted by atomic mass is 32.1. The number of aliphatic hydroxyl groups is 1. The summed E-state index contributed by atoms with van der Waals surface area (Å²) >= 11 is 1.30. The largest absolute Gasteiger partial charge is 0.477 e. The van der Waals surface area contributed by atoms with Crippen LogP contribution in [0.3, 0.4) is 0 Å². The number of carbonyl (C=O) groups is 2. The molecule has 1 fully saturated rings. The Bertz CT molecular complexity index is 789. The molecule has 2 N–H and O–H groups in total. The molecule has 1 aromatic heterocycles. The number of likely N-dealkylation sites (tertiary alicyclic amines) is 1. The van der Waals surface area contributed by atoms with Gasteiger partial charge in [0.05, 0.1) is 6.10 Å². The summed E-state index contributed by atoms with van der Waals surface area (Å²) in [6, 6.07) is 13.7. The van der Waals surface area contributed by atoms with Gasteiger partial charge in [-0.3, -0.25) is 4.79 Å². The van der Waals surface area contributed by atoms with E-state index in [1.54, 1.807) is 6.07 Å². The molecule has 1 aliphatic heterocycles. The predicted octanol–water partition coefficient (Wildman–Crippen LogP) is 3.75.